The Kier molecular flexibility index (Phi) is 3.65. The molecule has 1 aromatic heterocycles. The van der Waals surface area contributed by atoms with Gasteiger partial charge in [0.15, 0.2) is 11.5 Å². The predicted octanol–water partition coefficient (Wildman–Crippen LogP) is 1.59. The van der Waals surface area contributed by atoms with E-state index in [9.17, 15) is 9.90 Å². The standard InChI is InChI=1S/C15H16N4O4/c1-8-16-15-17-10(14(20)21)7-11(19(15)18-8)9-5-4-6-12(22-2)13(9)23-3/h4-7,11H,1-3H3,(H,20,21)(H,16,17,18)/t11-/m1/s1. The summed E-state index contributed by atoms with van der Waals surface area (Å²) in [7, 11) is 3.09. The molecule has 3 rings (SSSR count). The number of fused-ring (bicyclic) bond motifs is 1. The largest absolute Gasteiger partial charge is 0.493 e. The highest BCUT2D eigenvalue weighted by Gasteiger charge is 2.29. The van der Waals surface area contributed by atoms with Gasteiger partial charge in [-0.15, -0.1) is 0 Å². The Morgan fingerprint density at radius 3 is 2.78 bits per heavy atom. The topological polar surface area (TPSA) is 98.5 Å². The zero-order valence-electron chi connectivity index (χ0n) is 12.9. The Bertz CT molecular complexity index is 797. The highest BCUT2D eigenvalue weighted by Crippen LogP contribution is 2.39. The van der Waals surface area contributed by atoms with E-state index in [-0.39, 0.29) is 5.70 Å². The van der Waals surface area contributed by atoms with Crippen LogP contribution in [0.15, 0.2) is 30.0 Å². The molecule has 1 aromatic carbocycles. The number of rotatable bonds is 4. The van der Waals surface area contributed by atoms with Crippen LogP contribution in [-0.2, 0) is 4.79 Å². The molecule has 8 nitrogen and oxygen atoms in total. The van der Waals surface area contributed by atoms with Gasteiger partial charge in [0.25, 0.3) is 0 Å². The van der Waals surface area contributed by atoms with Gasteiger partial charge in [0.05, 0.1) is 14.2 Å². The van der Waals surface area contributed by atoms with Gasteiger partial charge in [-0.25, -0.2) is 9.48 Å². The maximum atomic E-state index is 11.4. The summed E-state index contributed by atoms with van der Waals surface area (Å²) >= 11 is 0. The monoisotopic (exact) mass is 316 g/mol. The van der Waals surface area contributed by atoms with Crippen LogP contribution in [0, 0.1) is 6.92 Å². The van der Waals surface area contributed by atoms with Gasteiger partial charge in [-0.05, 0) is 19.1 Å². The molecule has 1 aliphatic rings. The Morgan fingerprint density at radius 1 is 1.35 bits per heavy atom. The van der Waals surface area contributed by atoms with Crippen molar-refractivity contribution < 1.29 is 19.4 Å². The van der Waals surface area contributed by atoms with Crippen LogP contribution in [0.5, 0.6) is 11.5 Å². The maximum absolute atomic E-state index is 11.4. The minimum Gasteiger partial charge on any atom is -0.493 e. The number of carboxylic acids is 1. The van der Waals surface area contributed by atoms with Crippen molar-refractivity contribution in [2.75, 3.05) is 19.5 Å². The van der Waals surface area contributed by atoms with E-state index in [1.807, 2.05) is 12.1 Å². The lowest BCUT2D eigenvalue weighted by Gasteiger charge is -2.24. The van der Waals surface area contributed by atoms with Crippen molar-refractivity contribution in [3.63, 3.8) is 0 Å². The molecule has 2 N–H and O–H groups in total. The molecule has 23 heavy (non-hydrogen) atoms. The van der Waals surface area contributed by atoms with E-state index in [1.54, 1.807) is 30.9 Å². The van der Waals surface area contributed by atoms with E-state index in [0.717, 1.165) is 5.56 Å². The molecule has 0 spiro atoms. The van der Waals surface area contributed by atoms with Gasteiger partial charge in [0, 0.05) is 5.56 Å². The lowest BCUT2D eigenvalue weighted by atomic mass is 10.0. The first-order valence-electron chi connectivity index (χ1n) is 6.91. The highest BCUT2D eigenvalue weighted by molar-refractivity contribution is 5.90. The third-order valence-corrected chi connectivity index (χ3v) is 3.55. The van der Waals surface area contributed by atoms with E-state index in [1.165, 1.54) is 7.11 Å². The molecule has 8 heteroatoms. The number of nitrogens with one attached hydrogen (secondary N) is 1. The molecular formula is C15H16N4O4. The van der Waals surface area contributed by atoms with Crippen LogP contribution in [0.3, 0.4) is 0 Å². The van der Waals surface area contributed by atoms with Crippen molar-refractivity contribution in [2.45, 2.75) is 13.0 Å². The number of allylic oxidation sites excluding steroid dienone is 1. The molecule has 1 atom stereocenters. The molecule has 2 aromatic rings. The first-order chi connectivity index (χ1) is 11.0. The number of carbonyl (C=O) groups is 1. The van der Waals surface area contributed by atoms with Gasteiger partial charge in [-0.3, -0.25) is 0 Å². The summed E-state index contributed by atoms with van der Waals surface area (Å²) in [6.45, 7) is 1.74. The quantitative estimate of drug-likeness (QED) is 0.883. The Balaban J connectivity index is 2.20. The number of benzene rings is 1. The first kappa shape index (κ1) is 14.9. The van der Waals surface area contributed by atoms with Crippen LogP contribution in [0.4, 0.5) is 5.95 Å². The maximum Gasteiger partial charge on any atom is 0.352 e. The average Bonchev–Trinajstić information content (AvgIpc) is 2.92. The minimum absolute atomic E-state index is 0.0415. The lowest BCUT2D eigenvalue weighted by molar-refractivity contribution is -0.132. The SMILES string of the molecule is COc1cccc([C@H]2C=C(C(=O)O)Nc3nc(C)nn32)c1OC. The minimum atomic E-state index is -1.07. The first-order valence-corrected chi connectivity index (χ1v) is 6.91. The summed E-state index contributed by atoms with van der Waals surface area (Å²) in [4.78, 5) is 15.6. The number of para-hydroxylation sites is 1. The lowest BCUT2D eigenvalue weighted by Crippen LogP contribution is -2.24. The highest BCUT2D eigenvalue weighted by atomic mass is 16.5. The van der Waals surface area contributed by atoms with Crippen LogP contribution in [0.2, 0.25) is 0 Å². The third kappa shape index (κ3) is 2.48. The number of nitrogens with zero attached hydrogens (tertiary/aromatic N) is 3. The smallest absolute Gasteiger partial charge is 0.352 e. The number of aliphatic carboxylic acids is 1. The van der Waals surface area contributed by atoms with Crippen LogP contribution < -0.4 is 14.8 Å². The summed E-state index contributed by atoms with van der Waals surface area (Å²) in [6, 6.07) is 4.96. The van der Waals surface area contributed by atoms with E-state index < -0.39 is 12.0 Å². The normalized spacial score (nSPS) is 16.1. The number of hydrogen-bond donors (Lipinski definition) is 2. The summed E-state index contributed by atoms with van der Waals surface area (Å²) in [5, 5.41) is 16.4. The molecule has 0 aliphatic carbocycles. The van der Waals surface area contributed by atoms with E-state index in [4.69, 9.17) is 9.47 Å². The molecule has 1 aliphatic heterocycles. The predicted molar refractivity (Wildman–Crippen MR) is 81.8 cm³/mol. The van der Waals surface area contributed by atoms with Crippen molar-refractivity contribution in [1.82, 2.24) is 14.8 Å². The van der Waals surface area contributed by atoms with Crippen LogP contribution in [-0.4, -0.2) is 40.1 Å². The Morgan fingerprint density at radius 2 is 2.13 bits per heavy atom. The summed E-state index contributed by atoms with van der Waals surface area (Å²) in [5.41, 5.74) is 0.776. The summed E-state index contributed by atoms with van der Waals surface area (Å²) < 4.78 is 12.4. The molecule has 0 unspecified atom stereocenters. The number of ether oxygens (including phenoxy) is 2. The molecule has 0 bridgehead atoms. The van der Waals surface area contributed by atoms with Gasteiger partial charge >= 0.3 is 5.97 Å². The van der Waals surface area contributed by atoms with Crippen molar-refractivity contribution in [1.29, 1.82) is 0 Å². The molecular weight excluding hydrogens is 300 g/mol. The number of aromatic nitrogens is 3. The zero-order valence-corrected chi connectivity index (χ0v) is 12.9. The molecule has 0 amide bonds. The Hall–Kier alpha value is -3.03. The van der Waals surface area contributed by atoms with Gasteiger partial charge in [0.1, 0.15) is 17.6 Å². The van der Waals surface area contributed by atoms with Crippen LogP contribution >= 0.6 is 0 Å². The van der Waals surface area contributed by atoms with Gasteiger partial charge < -0.3 is 19.9 Å². The van der Waals surface area contributed by atoms with Gasteiger partial charge in [-0.1, -0.05) is 12.1 Å². The van der Waals surface area contributed by atoms with Crippen LogP contribution in [0.1, 0.15) is 17.4 Å². The van der Waals surface area contributed by atoms with E-state index >= 15 is 0 Å². The number of carboxylic acid groups (broad SMARTS) is 1. The van der Waals surface area contributed by atoms with Crippen molar-refractivity contribution in [2.24, 2.45) is 0 Å². The van der Waals surface area contributed by atoms with Gasteiger partial charge in [-0.2, -0.15) is 10.1 Å². The van der Waals surface area contributed by atoms with Crippen molar-refractivity contribution in [3.05, 3.63) is 41.4 Å². The summed E-state index contributed by atoms with van der Waals surface area (Å²) in [6.07, 6.45) is 1.57. The molecule has 0 saturated carbocycles. The van der Waals surface area contributed by atoms with Crippen molar-refractivity contribution >= 4 is 11.9 Å². The fourth-order valence-corrected chi connectivity index (χ4v) is 2.59. The number of aryl methyl sites for hydroxylation is 1. The van der Waals surface area contributed by atoms with E-state index in [2.05, 4.69) is 15.4 Å². The number of hydrogen-bond acceptors (Lipinski definition) is 6. The number of methoxy groups -OCH3 is 2. The molecule has 0 fully saturated rings. The second-order valence-corrected chi connectivity index (χ2v) is 4.97. The van der Waals surface area contributed by atoms with Gasteiger partial charge in [0.2, 0.25) is 5.95 Å². The fourth-order valence-electron chi connectivity index (χ4n) is 2.59. The van der Waals surface area contributed by atoms with E-state index in [0.29, 0.717) is 23.3 Å². The third-order valence-electron chi connectivity index (χ3n) is 3.55. The second-order valence-electron chi connectivity index (χ2n) is 4.97. The molecule has 120 valence electrons. The zero-order chi connectivity index (χ0) is 16.6. The average molecular weight is 316 g/mol. The molecule has 0 radical (unpaired) electrons. The fraction of sp³-hybridized carbons (Fsp3) is 0.267. The van der Waals surface area contributed by atoms with Crippen LogP contribution in [0.25, 0.3) is 0 Å². The Labute approximate surface area is 132 Å². The van der Waals surface area contributed by atoms with Crippen molar-refractivity contribution in [3.8, 4) is 11.5 Å². The molecule has 2 heterocycles. The second kappa shape index (κ2) is 5.64. The molecule has 0 saturated heterocycles. The number of anilines is 1. The summed E-state index contributed by atoms with van der Waals surface area (Å²) in [5.74, 6) is 0.939.